The summed E-state index contributed by atoms with van der Waals surface area (Å²) in [6.45, 7) is 0. The molecule has 0 bridgehead atoms. The number of hydrogen-bond donors (Lipinski definition) is 0. The fraction of sp³-hybridized carbons (Fsp3) is 0. The third-order valence-electron chi connectivity index (χ3n) is 1.89. The molecular weight excluding hydrogens is 432 g/mol. The number of hydrogen-bond acceptors (Lipinski definition) is 2. The molecule has 2 aromatic heterocycles. The van der Waals surface area contributed by atoms with Crippen molar-refractivity contribution in [1.82, 2.24) is 9.97 Å². The van der Waals surface area contributed by atoms with Gasteiger partial charge in [0, 0.05) is 0 Å². The first-order valence-electron chi connectivity index (χ1n) is 4.34. The predicted octanol–water partition coefficient (Wildman–Crippen LogP) is 0.977. The fourth-order valence-electron chi connectivity index (χ4n) is 1.20. The van der Waals surface area contributed by atoms with E-state index in [4.69, 9.17) is 0 Å². The van der Waals surface area contributed by atoms with Crippen LogP contribution in [0.5, 0.6) is 0 Å². The van der Waals surface area contributed by atoms with Gasteiger partial charge < -0.3 is 0 Å². The molecule has 2 rings (SSSR count). The molecule has 0 radical (unpaired) electrons. The molecule has 14 heavy (non-hydrogen) atoms. The normalized spacial score (nSPS) is 9.79. The standard InChI is InChI=1S/2C5H4N.BrH.Tl/c2*1-2-4-6-5-3-1;;/h2*1-4H;1H;/q;;;+1/p-1. The van der Waals surface area contributed by atoms with Crippen molar-refractivity contribution < 1.29 is 0 Å². The predicted molar refractivity (Wildman–Crippen MR) is 62.4 cm³/mol. The Balaban J connectivity index is 2.30. The Kier molecular flexibility index (Phi) is 3.63. The zero-order valence-corrected chi connectivity index (χ0v) is 13.5. The van der Waals surface area contributed by atoms with E-state index in [0.717, 1.165) is 0 Å². The zero-order chi connectivity index (χ0) is 9.80. The first kappa shape index (κ1) is 10.2. The summed E-state index contributed by atoms with van der Waals surface area (Å²) in [7, 11) is 0. The fourth-order valence-corrected chi connectivity index (χ4v) is 11.0. The van der Waals surface area contributed by atoms with Crippen molar-refractivity contribution >= 4 is 38.8 Å². The Morgan fingerprint density at radius 2 is 1.36 bits per heavy atom. The van der Waals surface area contributed by atoms with Crippen LogP contribution in [0.15, 0.2) is 48.8 Å². The molecule has 0 aliphatic carbocycles. The Labute approximate surface area is 96.8 Å². The van der Waals surface area contributed by atoms with Crippen LogP contribution in [0.1, 0.15) is 0 Å². The Morgan fingerprint density at radius 1 is 0.857 bits per heavy atom. The number of nitrogens with zero attached hydrogens (tertiary/aromatic N) is 2. The summed E-state index contributed by atoms with van der Waals surface area (Å²) < 4.78 is 2.40. The number of halogens is 1. The van der Waals surface area contributed by atoms with Gasteiger partial charge in [-0.3, -0.25) is 0 Å². The molecule has 0 saturated carbocycles. The Bertz CT molecular complexity index is 354. The molecule has 0 saturated heterocycles. The third-order valence-corrected chi connectivity index (χ3v) is 16.8. The topological polar surface area (TPSA) is 25.8 Å². The number of aromatic nitrogens is 2. The average molecular weight is 440 g/mol. The molecule has 0 unspecified atom stereocenters. The zero-order valence-electron chi connectivity index (χ0n) is 7.47. The first-order chi connectivity index (χ1) is 6.88. The van der Waals surface area contributed by atoms with Gasteiger partial charge in [0.15, 0.2) is 0 Å². The van der Waals surface area contributed by atoms with E-state index >= 15 is 0 Å². The number of rotatable bonds is 2. The van der Waals surface area contributed by atoms with Gasteiger partial charge in [0.25, 0.3) is 0 Å². The summed E-state index contributed by atoms with van der Waals surface area (Å²) in [5.74, 6) is 0. The van der Waals surface area contributed by atoms with Crippen molar-refractivity contribution in [2.24, 2.45) is 0 Å². The van der Waals surface area contributed by atoms with Crippen molar-refractivity contribution in [3.8, 4) is 0 Å². The van der Waals surface area contributed by atoms with E-state index in [9.17, 15) is 0 Å². The number of pyridine rings is 2. The van der Waals surface area contributed by atoms with Gasteiger partial charge >= 0.3 is 97.5 Å². The Hall–Kier alpha value is -0.298. The van der Waals surface area contributed by atoms with Crippen LogP contribution < -0.4 is 6.51 Å². The maximum absolute atomic E-state index is 4.37. The SMILES string of the molecule is [Br][Tl]([c]1ccccn1)[c]1ccccn1. The van der Waals surface area contributed by atoms with Crippen LogP contribution in [0.2, 0.25) is 0 Å². The summed E-state index contributed by atoms with van der Waals surface area (Å²) in [5.41, 5.74) is 0. The van der Waals surface area contributed by atoms with Gasteiger partial charge in [0.1, 0.15) is 0 Å². The van der Waals surface area contributed by atoms with Crippen molar-refractivity contribution in [3.05, 3.63) is 48.8 Å². The second kappa shape index (κ2) is 4.97. The van der Waals surface area contributed by atoms with Crippen LogP contribution >= 0.6 is 12.0 Å². The minimum atomic E-state index is -2.17. The second-order valence-electron chi connectivity index (χ2n) is 2.87. The second-order valence-corrected chi connectivity index (χ2v) is 18.3. The quantitative estimate of drug-likeness (QED) is 0.651. The molecule has 0 aromatic carbocycles. The van der Waals surface area contributed by atoms with E-state index in [1.165, 1.54) is 6.51 Å². The molecular formula is C10H8BrN2Tl. The molecule has 0 amide bonds. The molecule has 0 aliphatic rings. The van der Waals surface area contributed by atoms with Crippen molar-refractivity contribution in [3.63, 3.8) is 0 Å². The molecule has 0 atom stereocenters. The summed E-state index contributed by atoms with van der Waals surface area (Å²) >= 11 is 1.62. The molecule has 0 aliphatic heterocycles. The van der Waals surface area contributed by atoms with E-state index < -0.39 is 20.3 Å². The van der Waals surface area contributed by atoms with E-state index in [0.29, 0.717) is 0 Å². The van der Waals surface area contributed by atoms with Gasteiger partial charge in [0.05, 0.1) is 0 Å². The monoisotopic (exact) mass is 440 g/mol. The van der Waals surface area contributed by atoms with Gasteiger partial charge in [-0.1, -0.05) is 0 Å². The molecule has 0 spiro atoms. The van der Waals surface area contributed by atoms with E-state index in [1.807, 2.05) is 36.7 Å². The summed E-state index contributed by atoms with van der Waals surface area (Å²) in [6, 6.07) is 12.1. The van der Waals surface area contributed by atoms with E-state index in [1.54, 1.807) is 0 Å². The van der Waals surface area contributed by atoms with Crippen LogP contribution in [0.4, 0.5) is 0 Å². The van der Waals surface area contributed by atoms with Gasteiger partial charge in [-0.15, -0.1) is 0 Å². The van der Waals surface area contributed by atoms with E-state index in [2.05, 4.69) is 34.1 Å². The van der Waals surface area contributed by atoms with Crippen LogP contribution in [-0.2, 0) is 0 Å². The molecule has 2 nitrogen and oxygen atoms in total. The summed E-state index contributed by atoms with van der Waals surface area (Å²) in [6.07, 6.45) is 3.68. The van der Waals surface area contributed by atoms with Crippen molar-refractivity contribution in [1.29, 1.82) is 0 Å². The Morgan fingerprint density at radius 3 is 1.71 bits per heavy atom. The van der Waals surface area contributed by atoms with E-state index in [-0.39, 0.29) is 0 Å². The summed E-state index contributed by atoms with van der Waals surface area (Å²) in [5, 5.41) is 0. The minimum absolute atomic E-state index is 1.20. The van der Waals surface area contributed by atoms with Gasteiger partial charge in [0.2, 0.25) is 0 Å². The molecule has 4 heteroatoms. The molecule has 0 fully saturated rings. The molecule has 2 aromatic rings. The average Bonchev–Trinajstić information content (AvgIpc) is 2.30. The van der Waals surface area contributed by atoms with Crippen LogP contribution in [0, 0.1) is 0 Å². The maximum atomic E-state index is 4.37. The molecule has 2 heterocycles. The van der Waals surface area contributed by atoms with Gasteiger partial charge in [-0.25, -0.2) is 0 Å². The molecule has 68 valence electrons. The van der Waals surface area contributed by atoms with Gasteiger partial charge in [-0.05, 0) is 0 Å². The third kappa shape index (κ3) is 2.39. The van der Waals surface area contributed by atoms with Crippen LogP contribution in [0.25, 0.3) is 0 Å². The van der Waals surface area contributed by atoms with Crippen molar-refractivity contribution in [2.45, 2.75) is 0 Å². The van der Waals surface area contributed by atoms with Crippen LogP contribution in [0.3, 0.4) is 0 Å². The van der Waals surface area contributed by atoms with Crippen molar-refractivity contribution in [2.75, 3.05) is 0 Å². The summed E-state index contributed by atoms with van der Waals surface area (Å²) in [4.78, 5) is 8.73. The first-order valence-corrected chi connectivity index (χ1v) is 18.6. The molecule has 0 N–H and O–H groups in total. The van der Waals surface area contributed by atoms with Crippen LogP contribution in [-0.4, -0.2) is 30.3 Å². The van der Waals surface area contributed by atoms with Gasteiger partial charge in [-0.2, -0.15) is 0 Å².